The molecule has 0 bridgehead atoms. The summed E-state index contributed by atoms with van der Waals surface area (Å²) in [6, 6.07) is 10.7. The summed E-state index contributed by atoms with van der Waals surface area (Å²) < 4.78 is 32.1. The van der Waals surface area contributed by atoms with Gasteiger partial charge in [-0.15, -0.1) is 0 Å². The molecule has 0 spiro atoms. The second kappa shape index (κ2) is 7.22. The summed E-state index contributed by atoms with van der Waals surface area (Å²) in [6.45, 7) is 3.65. The molecule has 0 heterocycles. The van der Waals surface area contributed by atoms with E-state index >= 15 is 0 Å². The quantitative estimate of drug-likeness (QED) is 0.841. The fourth-order valence-electron chi connectivity index (χ4n) is 2.17. The summed E-state index contributed by atoms with van der Waals surface area (Å²) in [4.78, 5) is 13.7. The van der Waals surface area contributed by atoms with Crippen LogP contribution in [0.15, 0.2) is 42.5 Å². The van der Waals surface area contributed by atoms with Crippen molar-refractivity contribution in [1.29, 1.82) is 0 Å². The first kappa shape index (κ1) is 16.9. The lowest BCUT2D eigenvalue weighted by molar-refractivity contribution is -0.137. The van der Waals surface area contributed by atoms with Gasteiger partial charge in [0, 0.05) is 25.2 Å². The van der Waals surface area contributed by atoms with Gasteiger partial charge in [-0.05, 0) is 32.0 Å². The minimum atomic E-state index is -0.703. The van der Waals surface area contributed by atoms with Crippen molar-refractivity contribution in [1.82, 2.24) is 4.90 Å². The largest absolute Gasteiger partial charge is 0.481 e. The van der Waals surface area contributed by atoms with Crippen molar-refractivity contribution in [3.05, 3.63) is 65.2 Å². The molecule has 122 valence electrons. The summed E-state index contributed by atoms with van der Waals surface area (Å²) in [5.74, 6) is -1.000. The summed E-state index contributed by atoms with van der Waals surface area (Å²) >= 11 is 0. The lowest BCUT2D eigenvalue weighted by Crippen LogP contribution is -2.37. The Morgan fingerprint density at radius 3 is 2.43 bits per heavy atom. The molecule has 0 fully saturated rings. The van der Waals surface area contributed by atoms with E-state index < -0.39 is 17.7 Å². The van der Waals surface area contributed by atoms with Crippen LogP contribution in [-0.2, 0) is 11.3 Å². The van der Waals surface area contributed by atoms with Gasteiger partial charge in [0.15, 0.2) is 6.10 Å². The van der Waals surface area contributed by atoms with Crippen molar-refractivity contribution in [2.75, 3.05) is 7.05 Å². The van der Waals surface area contributed by atoms with Crippen molar-refractivity contribution in [2.24, 2.45) is 0 Å². The zero-order chi connectivity index (χ0) is 17.0. The minimum Gasteiger partial charge on any atom is -0.481 e. The molecule has 2 rings (SSSR count). The van der Waals surface area contributed by atoms with Gasteiger partial charge in [-0.25, -0.2) is 8.78 Å². The van der Waals surface area contributed by atoms with Crippen molar-refractivity contribution < 1.29 is 18.3 Å². The number of halogens is 2. The van der Waals surface area contributed by atoms with Gasteiger partial charge in [0.1, 0.15) is 17.4 Å². The number of amides is 1. The van der Waals surface area contributed by atoms with E-state index in [2.05, 4.69) is 0 Å². The fraction of sp³-hybridized carbons (Fsp3) is 0.278. The summed E-state index contributed by atoms with van der Waals surface area (Å²) in [5.41, 5.74) is 1.35. The lowest BCUT2D eigenvalue weighted by atomic mass is 10.2. The lowest BCUT2D eigenvalue weighted by Gasteiger charge is -2.22. The molecule has 1 amide bonds. The highest BCUT2D eigenvalue weighted by Crippen LogP contribution is 2.16. The predicted molar refractivity (Wildman–Crippen MR) is 84.1 cm³/mol. The first-order valence-corrected chi connectivity index (χ1v) is 7.29. The smallest absolute Gasteiger partial charge is 0.263 e. The third kappa shape index (κ3) is 4.52. The Morgan fingerprint density at radius 2 is 1.83 bits per heavy atom. The van der Waals surface area contributed by atoms with E-state index in [1.54, 1.807) is 26.1 Å². The Kier molecular flexibility index (Phi) is 5.32. The van der Waals surface area contributed by atoms with Crippen LogP contribution < -0.4 is 4.74 Å². The van der Waals surface area contributed by atoms with Gasteiger partial charge in [-0.1, -0.05) is 23.8 Å². The summed E-state index contributed by atoms with van der Waals surface area (Å²) in [7, 11) is 1.56. The standard InChI is InChI=1S/C18H19F2NO2/c1-12-4-8-16(9-5-12)23-13(2)18(22)21(3)11-14-6-7-15(19)10-17(14)20/h4-10,13H,11H2,1-3H3. The molecule has 2 aromatic carbocycles. The third-order valence-electron chi connectivity index (χ3n) is 3.48. The number of benzene rings is 2. The van der Waals surface area contributed by atoms with Gasteiger partial charge < -0.3 is 9.64 Å². The van der Waals surface area contributed by atoms with Crippen LogP contribution in [0.5, 0.6) is 5.75 Å². The molecule has 0 N–H and O–H groups in total. The molecule has 3 nitrogen and oxygen atoms in total. The molecule has 1 unspecified atom stereocenters. The van der Waals surface area contributed by atoms with Crippen molar-refractivity contribution >= 4 is 5.91 Å². The van der Waals surface area contributed by atoms with E-state index in [9.17, 15) is 13.6 Å². The maximum absolute atomic E-state index is 13.7. The molecule has 0 aliphatic rings. The Balaban J connectivity index is 1.99. The Labute approximate surface area is 134 Å². The molecule has 23 heavy (non-hydrogen) atoms. The molecule has 0 saturated heterocycles. The molecule has 1 atom stereocenters. The number of likely N-dealkylation sites (N-methyl/N-ethyl adjacent to an activating group) is 1. The van der Waals surface area contributed by atoms with E-state index in [1.165, 1.54) is 17.0 Å². The normalized spacial score (nSPS) is 11.9. The SMILES string of the molecule is Cc1ccc(OC(C)C(=O)N(C)Cc2ccc(F)cc2F)cc1. The number of hydrogen-bond acceptors (Lipinski definition) is 2. The number of rotatable bonds is 5. The molecule has 0 saturated carbocycles. The van der Waals surface area contributed by atoms with E-state index in [-0.39, 0.29) is 18.0 Å². The molecule has 2 aromatic rings. The van der Waals surface area contributed by atoms with Gasteiger partial charge >= 0.3 is 0 Å². The molecule has 5 heteroatoms. The molecule has 0 aromatic heterocycles. The van der Waals surface area contributed by atoms with Gasteiger partial charge in [0.2, 0.25) is 0 Å². The zero-order valence-corrected chi connectivity index (χ0v) is 13.3. The Bertz CT molecular complexity index is 686. The van der Waals surface area contributed by atoms with Crippen LogP contribution in [0.25, 0.3) is 0 Å². The molecule has 0 aliphatic heterocycles. The van der Waals surface area contributed by atoms with Crippen LogP contribution in [-0.4, -0.2) is 24.0 Å². The van der Waals surface area contributed by atoms with Gasteiger partial charge in [-0.3, -0.25) is 4.79 Å². The average molecular weight is 319 g/mol. The Morgan fingerprint density at radius 1 is 1.17 bits per heavy atom. The maximum atomic E-state index is 13.7. The number of carbonyl (C=O) groups is 1. The highest BCUT2D eigenvalue weighted by molar-refractivity contribution is 5.80. The summed E-state index contributed by atoms with van der Waals surface area (Å²) in [6.07, 6.45) is -0.703. The number of ether oxygens (including phenoxy) is 1. The third-order valence-corrected chi connectivity index (χ3v) is 3.48. The first-order chi connectivity index (χ1) is 10.9. The maximum Gasteiger partial charge on any atom is 0.263 e. The number of carbonyl (C=O) groups excluding carboxylic acids is 1. The molecule has 0 aliphatic carbocycles. The topological polar surface area (TPSA) is 29.5 Å². The van der Waals surface area contributed by atoms with Crippen LogP contribution in [0.4, 0.5) is 8.78 Å². The monoisotopic (exact) mass is 319 g/mol. The number of hydrogen-bond donors (Lipinski definition) is 0. The van der Waals surface area contributed by atoms with E-state index in [0.29, 0.717) is 5.75 Å². The Hall–Kier alpha value is -2.43. The van der Waals surface area contributed by atoms with Gasteiger partial charge in [0.25, 0.3) is 5.91 Å². The molecular formula is C18H19F2NO2. The predicted octanol–water partition coefficient (Wildman–Crippen LogP) is 3.70. The van der Waals surface area contributed by atoms with Crippen LogP contribution in [0.3, 0.4) is 0 Å². The number of aryl methyl sites for hydroxylation is 1. The van der Waals surface area contributed by atoms with Crippen LogP contribution >= 0.6 is 0 Å². The van der Waals surface area contributed by atoms with Crippen LogP contribution in [0.2, 0.25) is 0 Å². The van der Waals surface area contributed by atoms with Crippen LogP contribution in [0, 0.1) is 18.6 Å². The van der Waals surface area contributed by atoms with E-state index in [0.717, 1.165) is 11.6 Å². The van der Waals surface area contributed by atoms with Crippen LogP contribution in [0.1, 0.15) is 18.1 Å². The van der Waals surface area contributed by atoms with Crippen molar-refractivity contribution in [2.45, 2.75) is 26.5 Å². The highest BCUT2D eigenvalue weighted by Gasteiger charge is 2.20. The highest BCUT2D eigenvalue weighted by atomic mass is 19.1. The second-order valence-corrected chi connectivity index (χ2v) is 5.50. The van der Waals surface area contributed by atoms with Gasteiger partial charge in [-0.2, -0.15) is 0 Å². The van der Waals surface area contributed by atoms with E-state index in [4.69, 9.17) is 4.74 Å². The van der Waals surface area contributed by atoms with Crippen molar-refractivity contribution in [3.8, 4) is 5.75 Å². The van der Waals surface area contributed by atoms with Crippen molar-refractivity contribution in [3.63, 3.8) is 0 Å². The number of nitrogens with zero attached hydrogens (tertiary/aromatic N) is 1. The summed E-state index contributed by atoms with van der Waals surface area (Å²) in [5, 5.41) is 0. The fourth-order valence-corrected chi connectivity index (χ4v) is 2.17. The molecular weight excluding hydrogens is 300 g/mol. The zero-order valence-electron chi connectivity index (χ0n) is 13.3. The van der Waals surface area contributed by atoms with Gasteiger partial charge in [0.05, 0.1) is 0 Å². The average Bonchev–Trinajstić information content (AvgIpc) is 2.51. The molecule has 0 radical (unpaired) electrons. The first-order valence-electron chi connectivity index (χ1n) is 7.29. The minimum absolute atomic E-state index is 0.0482. The second-order valence-electron chi connectivity index (χ2n) is 5.50. The van der Waals surface area contributed by atoms with E-state index in [1.807, 2.05) is 19.1 Å².